The first-order chi connectivity index (χ1) is 25.5. The number of amides is 1. The van der Waals surface area contributed by atoms with Crippen LogP contribution < -0.4 is 5.73 Å². The summed E-state index contributed by atoms with van der Waals surface area (Å²) >= 11 is 0. The van der Waals surface area contributed by atoms with E-state index in [-0.39, 0.29) is 0 Å². The maximum atomic E-state index is 12.5. The first-order valence-electron chi connectivity index (χ1n) is 22.6. The molecule has 0 radical (unpaired) electrons. The van der Waals surface area contributed by atoms with Gasteiger partial charge in [0.1, 0.15) is 6.10 Å². The van der Waals surface area contributed by atoms with E-state index in [4.69, 9.17) is 19.9 Å². The molecule has 0 spiro atoms. The van der Waals surface area contributed by atoms with Crippen LogP contribution in [0.1, 0.15) is 206 Å². The van der Waals surface area contributed by atoms with E-state index in [1.54, 1.807) is 0 Å². The molecular formula is C46H90N2O4. The fourth-order valence-corrected chi connectivity index (χ4v) is 6.57. The largest absolute Gasteiger partial charge is 0.379 e. The molecule has 0 aromatic carbocycles. The molecule has 2 N–H and O–H groups in total. The number of hydrogen-bond donors (Lipinski definition) is 1. The Labute approximate surface area is 324 Å². The Bertz CT molecular complexity index is 771. The van der Waals surface area contributed by atoms with Crippen molar-refractivity contribution in [1.29, 1.82) is 0 Å². The number of hydrogen-bond acceptors (Lipinski definition) is 5. The Hall–Kier alpha value is -1.21. The zero-order valence-corrected chi connectivity index (χ0v) is 35.4. The van der Waals surface area contributed by atoms with Crippen molar-refractivity contribution >= 4 is 5.91 Å². The van der Waals surface area contributed by atoms with Crippen LogP contribution in [0.5, 0.6) is 0 Å². The third-order valence-electron chi connectivity index (χ3n) is 9.99. The number of ether oxygens (including phenoxy) is 3. The van der Waals surface area contributed by atoms with Crippen LogP contribution in [0.3, 0.4) is 0 Å². The zero-order chi connectivity index (χ0) is 38.0. The number of primary amides is 1. The zero-order valence-electron chi connectivity index (χ0n) is 35.4. The molecule has 2 atom stereocenters. The van der Waals surface area contributed by atoms with Gasteiger partial charge in [-0.3, -0.25) is 4.79 Å². The molecule has 0 saturated heterocycles. The van der Waals surface area contributed by atoms with Crippen LogP contribution in [0.15, 0.2) is 24.3 Å². The first kappa shape index (κ1) is 50.8. The SMILES string of the molecule is CCCCCCCC/C=C\CCCCCCCCOC(COCCCCN(C)C)C(OCCCCCCCC/C=C\CCCCCCCC)C(N)=O. The predicted octanol–water partition coefficient (Wildman–Crippen LogP) is 12.7. The van der Waals surface area contributed by atoms with Crippen molar-refractivity contribution in [3.63, 3.8) is 0 Å². The molecule has 0 heterocycles. The second-order valence-electron chi connectivity index (χ2n) is 15.6. The number of nitrogens with two attached hydrogens (primary N) is 1. The Kier molecular flexibility index (Phi) is 41.5. The summed E-state index contributed by atoms with van der Waals surface area (Å²) in [7, 11) is 4.18. The molecule has 1 amide bonds. The van der Waals surface area contributed by atoms with Crippen LogP contribution >= 0.6 is 0 Å². The van der Waals surface area contributed by atoms with E-state index >= 15 is 0 Å². The van der Waals surface area contributed by atoms with E-state index in [9.17, 15) is 4.79 Å². The average molecular weight is 735 g/mol. The summed E-state index contributed by atoms with van der Waals surface area (Å²) in [6.45, 7) is 7.74. The molecule has 308 valence electrons. The maximum absolute atomic E-state index is 12.5. The van der Waals surface area contributed by atoms with Crippen molar-refractivity contribution in [2.45, 2.75) is 219 Å². The van der Waals surface area contributed by atoms with Gasteiger partial charge in [-0.1, -0.05) is 154 Å². The standard InChI is InChI=1S/C46H90N2O4/c1-5-7-9-11-13-15-17-19-21-23-25-27-29-31-33-36-41-51-44(43-50-40-38-35-39-48(3)4)45(46(47)49)52-42-37-34-32-30-28-26-24-22-20-18-16-14-12-10-8-6-2/h19-22,44-45H,5-18,23-43H2,1-4H3,(H2,47,49)/b21-19-,22-20-. The lowest BCUT2D eigenvalue weighted by molar-refractivity contribution is -0.148. The van der Waals surface area contributed by atoms with E-state index in [0.717, 1.165) is 45.1 Å². The summed E-state index contributed by atoms with van der Waals surface area (Å²) in [6.07, 6.45) is 46.0. The Morgan fingerprint density at radius 2 is 0.865 bits per heavy atom. The smallest absolute Gasteiger partial charge is 0.249 e. The average Bonchev–Trinajstić information content (AvgIpc) is 3.13. The van der Waals surface area contributed by atoms with Gasteiger partial charge in [-0.15, -0.1) is 0 Å². The molecule has 0 bridgehead atoms. The minimum Gasteiger partial charge on any atom is -0.379 e. The molecule has 2 unspecified atom stereocenters. The van der Waals surface area contributed by atoms with Crippen LogP contribution in [0, 0.1) is 0 Å². The summed E-state index contributed by atoms with van der Waals surface area (Å²) in [5, 5.41) is 0. The highest BCUT2D eigenvalue weighted by Gasteiger charge is 2.28. The lowest BCUT2D eigenvalue weighted by Gasteiger charge is -2.25. The van der Waals surface area contributed by atoms with E-state index < -0.39 is 18.1 Å². The topological polar surface area (TPSA) is 74.0 Å². The second kappa shape index (κ2) is 42.5. The molecule has 0 aliphatic carbocycles. The third-order valence-corrected chi connectivity index (χ3v) is 9.99. The van der Waals surface area contributed by atoms with E-state index in [1.807, 2.05) is 0 Å². The third kappa shape index (κ3) is 38.5. The predicted molar refractivity (Wildman–Crippen MR) is 226 cm³/mol. The highest BCUT2D eigenvalue weighted by Crippen LogP contribution is 2.14. The van der Waals surface area contributed by atoms with Gasteiger partial charge in [0.05, 0.1) is 6.61 Å². The quantitative estimate of drug-likeness (QED) is 0.0499. The number of carbonyl (C=O) groups excluding carboxylic acids is 1. The number of nitrogens with zero attached hydrogens (tertiary/aromatic N) is 1. The van der Waals surface area contributed by atoms with Crippen molar-refractivity contribution in [3.8, 4) is 0 Å². The normalized spacial score (nSPS) is 13.2. The molecule has 52 heavy (non-hydrogen) atoms. The van der Waals surface area contributed by atoms with Gasteiger partial charge in [0.25, 0.3) is 0 Å². The molecule has 0 aromatic rings. The van der Waals surface area contributed by atoms with Crippen molar-refractivity contribution in [1.82, 2.24) is 4.90 Å². The molecule has 0 saturated carbocycles. The van der Waals surface area contributed by atoms with Gasteiger partial charge >= 0.3 is 0 Å². The molecule has 0 fully saturated rings. The Balaban J connectivity index is 4.21. The molecule has 6 heteroatoms. The van der Waals surface area contributed by atoms with Gasteiger partial charge in [0.15, 0.2) is 6.10 Å². The number of allylic oxidation sites excluding steroid dienone is 4. The van der Waals surface area contributed by atoms with Gasteiger partial charge in [-0.05, 0) is 97.7 Å². The fourth-order valence-electron chi connectivity index (χ4n) is 6.57. The number of rotatable bonds is 43. The van der Waals surface area contributed by atoms with E-state index in [1.165, 1.54) is 154 Å². The van der Waals surface area contributed by atoms with Gasteiger partial charge in [-0.25, -0.2) is 0 Å². The van der Waals surface area contributed by atoms with Crippen LogP contribution in [0.25, 0.3) is 0 Å². The molecule has 0 aromatic heterocycles. The Morgan fingerprint density at radius 1 is 0.500 bits per heavy atom. The summed E-state index contributed by atoms with van der Waals surface area (Å²) in [6, 6.07) is 0. The monoisotopic (exact) mass is 735 g/mol. The van der Waals surface area contributed by atoms with E-state index in [0.29, 0.717) is 26.4 Å². The number of carbonyl (C=O) groups is 1. The maximum Gasteiger partial charge on any atom is 0.249 e. The van der Waals surface area contributed by atoms with Gasteiger partial charge in [0.2, 0.25) is 5.91 Å². The van der Waals surface area contributed by atoms with Crippen molar-refractivity contribution in [2.24, 2.45) is 5.73 Å². The first-order valence-corrected chi connectivity index (χ1v) is 22.6. The summed E-state index contributed by atoms with van der Waals surface area (Å²) < 4.78 is 18.3. The molecular weight excluding hydrogens is 645 g/mol. The van der Waals surface area contributed by atoms with Crippen molar-refractivity contribution in [3.05, 3.63) is 24.3 Å². The van der Waals surface area contributed by atoms with Crippen molar-refractivity contribution in [2.75, 3.05) is 47.1 Å². The van der Waals surface area contributed by atoms with Gasteiger partial charge in [-0.2, -0.15) is 0 Å². The van der Waals surface area contributed by atoms with Crippen LogP contribution in [0.2, 0.25) is 0 Å². The van der Waals surface area contributed by atoms with Crippen molar-refractivity contribution < 1.29 is 19.0 Å². The van der Waals surface area contributed by atoms with Crippen LogP contribution in [-0.4, -0.2) is 70.1 Å². The summed E-state index contributed by atoms with van der Waals surface area (Å²) in [5.74, 6) is -0.452. The fraction of sp³-hybridized carbons (Fsp3) is 0.891. The molecule has 0 aliphatic rings. The summed E-state index contributed by atoms with van der Waals surface area (Å²) in [4.78, 5) is 14.7. The minimum absolute atomic E-state index is 0.343. The van der Waals surface area contributed by atoms with Gasteiger partial charge in [0, 0.05) is 19.8 Å². The molecule has 6 nitrogen and oxygen atoms in total. The highest BCUT2D eigenvalue weighted by molar-refractivity contribution is 5.79. The lowest BCUT2D eigenvalue weighted by atomic mass is 10.1. The molecule has 0 rings (SSSR count). The minimum atomic E-state index is -0.765. The Morgan fingerprint density at radius 3 is 1.27 bits per heavy atom. The number of unbranched alkanes of at least 4 members (excludes halogenated alkanes) is 25. The summed E-state index contributed by atoms with van der Waals surface area (Å²) in [5.41, 5.74) is 5.85. The molecule has 0 aliphatic heterocycles. The lowest BCUT2D eigenvalue weighted by Crippen LogP contribution is -2.45. The van der Waals surface area contributed by atoms with Crippen LogP contribution in [-0.2, 0) is 19.0 Å². The van der Waals surface area contributed by atoms with Gasteiger partial charge < -0.3 is 24.8 Å². The second-order valence-corrected chi connectivity index (χ2v) is 15.6. The van der Waals surface area contributed by atoms with E-state index in [2.05, 4.69) is 57.1 Å². The highest BCUT2D eigenvalue weighted by atomic mass is 16.6. The van der Waals surface area contributed by atoms with Crippen LogP contribution in [0.4, 0.5) is 0 Å².